The molecular formula is C31H35ClN4O9S2. The number of allylic oxidation sites excluding steroid dienone is 1. The van der Waals surface area contributed by atoms with Crippen LogP contribution >= 0.6 is 22.9 Å². The summed E-state index contributed by atoms with van der Waals surface area (Å²) in [5.41, 5.74) is -2.07. The summed E-state index contributed by atoms with van der Waals surface area (Å²) in [5, 5.41) is 7.48. The van der Waals surface area contributed by atoms with Crippen LogP contribution in [0, 0.1) is 6.92 Å². The number of oxime groups is 1. The van der Waals surface area contributed by atoms with Gasteiger partial charge in [-0.3, -0.25) is 14.5 Å². The predicted octanol–water partition coefficient (Wildman–Crippen LogP) is 3.47. The van der Waals surface area contributed by atoms with Gasteiger partial charge in [0.1, 0.15) is 29.3 Å². The minimum atomic E-state index is -1.95. The lowest BCUT2D eigenvalue weighted by atomic mass is 10.0. The van der Waals surface area contributed by atoms with E-state index in [9.17, 15) is 23.7 Å². The van der Waals surface area contributed by atoms with Crippen molar-refractivity contribution in [1.82, 2.24) is 15.2 Å². The normalized spacial score (nSPS) is 19.9. The number of aryl methyl sites for hydroxylation is 1. The molecule has 47 heavy (non-hydrogen) atoms. The fourth-order valence-electron chi connectivity index (χ4n) is 4.38. The van der Waals surface area contributed by atoms with Crippen molar-refractivity contribution >= 4 is 63.6 Å². The van der Waals surface area contributed by atoms with Gasteiger partial charge in [0.25, 0.3) is 11.8 Å². The number of alkyl halides is 1. The van der Waals surface area contributed by atoms with Gasteiger partial charge in [0.05, 0.1) is 23.6 Å². The molecule has 4 rings (SSSR count). The molecule has 0 aliphatic carbocycles. The fraction of sp³-hybridized carbons (Fsp3) is 0.419. The molecule has 1 N–H and O–H groups in total. The lowest BCUT2D eigenvalue weighted by molar-refractivity contribution is -0.179. The molecule has 1 saturated heterocycles. The third kappa shape index (κ3) is 7.80. The van der Waals surface area contributed by atoms with Gasteiger partial charge in [-0.15, -0.1) is 22.9 Å². The van der Waals surface area contributed by atoms with E-state index in [1.54, 1.807) is 57.3 Å². The molecule has 2 aliphatic heterocycles. The van der Waals surface area contributed by atoms with Crippen molar-refractivity contribution in [1.29, 1.82) is 0 Å². The van der Waals surface area contributed by atoms with Crippen molar-refractivity contribution in [2.45, 2.75) is 70.8 Å². The maximum atomic E-state index is 13.6. The Morgan fingerprint density at radius 2 is 1.85 bits per heavy atom. The van der Waals surface area contributed by atoms with E-state index in [1.807, 2.05) is 0 Å². The summed E-state index contributed by atoms with van der Waals surface area (Å²) in [6, 6.07) is 5.48. The minimum absolute atomic E-state index is 0.0239. The summed E-state index contributed by atoms with van der Waals surface area (Å²) in [6.07, 6.45) is 0. The van der Waals surface area contributed by atoms with E-state index < -0.39 is 57.5 Å². The number of amides is 2. The zero-order valence-electron chi connectivity index (χ0n) is 26.9. The first-order valence-electron chi connectivity index (χ1n) is 14.2. The molecule has 1 aromatic heterocycles. The minimum Gasteiger partial charge on any atom is -0.610 e. The Morgan fingerprint density at radius 1 is 1.19 bits per heavy atom. The molecule has 13 nitrogen and oxygen atoms in total. The highest BCUT2D eigenvalue weighted by Gasteiger charge is 2.62. The third-order valence-corrected chi connectivity index (χ3v) is 9.54. The molecule has 0 bridgehead atoms. The smallest absolute Gasteiger partial charge is 0.356 e. The van der Waals surface area contributed by atoms with Gasteiger partial charge in [0.15, 0.2) is 16.7 Å². The summed E-state index contributed by atoms with van der Waals surface area (Å²) in [6.45, 7) is 13.4. The second-order valence-electron chi connectivity index (χ2n) is 12.0. The van der Waals surface area contributed by atoms with Gasteiger partial charge in [-0.05, 0) is 65.8 Å². The molecule has 1 fully saturated rings. The highest BCUT2D eigenvalue weighted by atomic mass is 35.5. The maximum Gasteiger partial charge on any atom is 0.356 e. The van der Waals surface area contributed by atoms with Gasteiger partial charge < -0.3 is 28.9 Å². The van der Waals surface area contributed by atoms with E-state index >= 15 is 0 Å². The molecule has 3 atom stereocenters. The van der Waals surface area contributed by atoms with Crippen LogP contribution < -0.4 is 10.1 Å². The van der Waals surface area contributed by atoms with E-state index in [4.69, 9.17) is 30.6 Å². The number of esters is 2. The van der Waals surface area contributed by atoms with Crippen LogP contribution in [0.15, 0.2) is 57.6 Å². The number of carbonyl (C=O) groups excluding carboxylic acids is 4. The Bertz CT molecular complexity index is 1650. The Morgan fingerprint density at radius 3 is 2.40 bits per heavy atom. The number of methoxy groups -OCH3 is 1. The van der Waals surface area contributed by atoms with E-state index in [1.165, 1.54) is 32.3 Å². The molecule has 0 spiro atoms. The van der Waals surface area contributed by atoms with Crippen LogP contribution in [0.25, 0.3) is 0 Å². The van der Waals surface area contributed by atoms with Gasteiger partial charge in [-0.2, -0.15) is 0 Å². The molecule has 16 heteroatoms. The van der Waals surface area contributed by atoms with Gasteiger partial charge in [0.2, 0.25) is 11.0 Å². The number of fused-ring (bicyclic) bond motifs is 1. The lowest BCUT2D eigenvalue weighted by Gasteiger charge is -2.49. The highest BCUT2D eigenvalue weighted by Crippen LogP contribution is 2.42. The number of nitrogens with zero attached hydrogens (tertiary/aromatic N) is 3. The maximum absolute atomic E-state index is 13.6. The number of halogens is 1. The first-order chi connectivity index (χ1) is 22.0. The van der Waals surface area contributed by atoms with Crippen LogP contribution in [0.5, 0.6) is 5.75 Å². The van der Waals surface area contributed by atoms with E-state index in [-0.39, 0.29) is 40.1 Å². The topological polar surface area (TPSA) is 169 Å². The lowest BCUT2D eigenvalue weighted by Crippen LogP contribution is -2.74. The van der Waals surface area contributed by atoms with Crippen molar-refractivity contribution in [2.24, 2.45) is 5.16 Å². The Labute approximate surface area is 284 Å². The molecule has 0 saturated carbocycles. The van der Waals surface area contributed by atoms with E-state index in [0.717, 1.165) is 4.90 Å². The summed E-state index contributed by atoms with van der Waals surface area (Å²) in [7, 11) is 1.53. The standard InChI is InChI=1S/C31H35ClN4O9S2/c1-16-20(13-32)24(28(39)43-14-18-9-11-19(42-8)12-10-18)36-26(38)23(27(36)47(16)41)34-25(37)22(21-15-46-17(2)33-21)35-45-31(6,7)29(40)44-30(3,4)5/h9-12,15,23,27H,1,13-14H2,2-8H3,(H,34,37)/b35-22-/t23-,27-,47+/m1/s1. The van der Waals surface area contributed by atoms with Gasteiger partial charge >= 0.3 is 11.9 Å². The summed E-state index contributed by atoms with van der Waals surface area (Å²) in [5.74, 6) is -2.88. The predicted molar refractivity (Wildman–Crippen MR) is 175 cm³/mol. The largest absolute Gasteiger partial charge is 0.610 e. The molecule has 3 heterocycles. The van der Waals surface area contributed by atoms with Crippen LogP contribution in [0.3, 0.4) is 0 Å². The number of carbonyl (C=O) groups is 4. The molecule has 2 aliphatic rings. The average molecular weight is 707 g/mol. The Kier molecular flexibility index (Phi) is 10.7. The van der Waals surface area contributed by atoms with Crippen LogP contribution in [0.4, 0.5) is 0 Å². The second-order valence-corrected chi connectivity index (χ2v) is 14.9. The van der Waals surface area contributed by atoms with Crippen LogP contribution in [-0.2, 0) is 51.3 Å². The Balaban J connectivity index is 1.56. The number of nitrogens with one attached hydrogen (secondary N) is 1. The fourth-order valence-corrected chi connectivity index (χ4v) is 6.88. The second kappa shape index (κ2) is 14.1. The molecule has 1 aromatic carbocycles. The number of ether oxygens (including phenoxy) is 3. The van der Waals surface area contributed by atoms with Crippen molar-refractivity contribution in [3.8, 4) is 5.75 Å². The van der Waals surface area contributed by atoms with Gasteiger partial charge in [0, 0.05) is 16.6 Å². The summed E-state index contributed by atoms with van der Waals surface area (Å²) >= 11 is 5.41. The van der Waals surface area contributed by atoms with Crippen molar-refractivity contribution in [3.05, 3.63) is 68.7 Å². The zero-order chi connectivity index (χ0) is 34.8. The van der Waals surface area contributed by atoms with Crippen LogP contribution in [0.1, 0.15) is 50.9 Å². The van der Waals surface area contributed by atoms with E-state index in [2.05, 4.69) is 22.0 Å². The van der Waals surface area contributed by atoms with E-state index in [0.29, 0.717) is 16.3 Å². The average Bonchev–Trinajstić information content (AvgIpc) is 3.44. The third-order valence-electron chi connectivity index (χ3n) is 6.84. The summed E-state index contributed by atoms with van der Waals surface area (Å²) in [4.78, 5) is 64.0. The summed E-state index contributed by atoms with van der Waals surface area (Å²) < 4.78 is 29.5. The number of thiazole rings is 1. The molecule has 0 unspecified atom stereocenters. The number of hydrogen-bond acceptors (Lipinski definition) is 12. The number of hydrogen-bond donors (Lipinski definition) is 1. The number of rotatable bonds is 11. The monoisotopic (exact) mass is 706 g/mol. The van der Waals surface area contributed by atoms with Crippen molar-refractivity contribution < 1.29 is 42.8 Å². The zero-order valence-corrected chi connectivity index (χ0v) is 29.3. The molecule has 2 aromatic rings. The van der Waals surface area contributed by atoms with Crippen LogP contribution in [-0.4, -0.2) is 79.5 Å². The van der Waals surface area contributed by atoms with Gasteiger partial charge in [-0.25, -0.2) is 14.6 Å². The molecular weight excluding hydrogens is 672 g/mol. The first-order valence-corrected chi connectivity index (χ1v) is 16.9. The number of aromatic nitrogens is 1. The molecule has 2 amide bonds. The number of β-lactam (4-membered cyclic amide) rings is 1. The molecule has 0 radical (unpaired) electrons. The van der Waals surface area contributed by atoms with Crippen LogP contribution in [0.2, 0.25) is 0 Å². The SMILES string of the molecule is C=C1C(CCl)=C(C(=O)OCc2ccc(OC)cc2)N2C(=O)[C@@H](NC(=O)/C(=N\OC(C)(C)C(=O)OC(C)(C)C)c3csc(C)n3)[C@H]2[S@@+]1[O-]. The van der Waals surface area contributed by atoms with Crippen molar-refractivity contribution in [2.75, 3.05) is 13.0 Å². The van der Waals surface area contributed by atoms with Crippen molar-refractivity contribution in [3.63, 3.8) is 0 Å². The quantitative estimate of drug-likeness (QED) is 0.0912. The Hall–Kier alpha value is -3.92. The highest BCUT2D eigenvalue weighted by molar-refractivity contribution is 7.96. The molecule has 252 valence electrons. The number of benzene rings is 1. The first kappa shape index (κ1) is 35.9. The van der Waals surface area contributed by atoms with Gasteiger partial charge in [-0.1, -0.05) is 17.3 Å².